The van der Waals surface area contributed by atoms with Crippen LogP contribution < -0.4 is 5.32 Å². The van der Waals surface area contributed by atoms with Crippen LogP contribution in [-0.2, 0) is 35.3 Å². The van der Waals surface area contributed by atoms with Gasteiger partial charge >= 0.3 is 5.97 Å². The summed E-state index contributed by atoms with van der Waals surface area (Å²) >= 11 is 8.79. The molecule has 0 saturated heterocycles. The van der Waals surface area contributed by atoms with E-state index in [0.717, 1.165) is 42.6 Å². The number of ether oxygens (including phenoxy) is 1. The van der Waals surface area contributed by atoms with Crippen molar-refractivity contribution in [2.24, 2.45) is 0 Å². The molecule has 1 N–H and O–H groups in total. The minimum atomic E-state index is -0.394. The number of methoxy groups -OCH3 is 1. The number of rotatable bonds is 8. The highest BCUT2D eigenvalue weighted by molar-refractivity contribution is 7.99. The monoisotopic (exact) mass is 504 g/mol. The fraction of sp³-hybridized carbons (Fsp3) is 0.391. The standard InChI is InChI=1S/C23H25ClN4O3S2/c1-3-28-18(12-14-8-10-15(24)11-9-14)26-27-23(28)32-13-19(29)25-21-20(22(30)31-2)16-6-4-5-7-17(16)33-21/h8-11H,3-7,12-13H2,1-2H3,(H,25,29). The number of nitrogens with zero attached hydrogens (tertiary/aromatic N) is 3. The van der Waals surface area contributed by atoms with Gasteiger partial charge in [0.2, 0.25) is 5.91 Å². The molecule has 2 aromatic heterocycles. The number of halogens is 1. The molecule has 4 rings (SSSR count). The molecular formula is C23H25ClN4O3S2. The second-order valence-corrected chi connectivity index (χ2v) is 10.2. The number of nitrogens with one attached hydrogen (secondary N) is 1. The zero-order valence-electron chi connectivity index (χ0n) is 18.5. The van der Waals surface area contributed by atoms with Gasteiger partial charge in [-0.1, -0.05) is 35.5 Å². The van der Waals surface area contributed by atoms with Gasteiger partial charge in [0.05, 0.1) is 18.4 Å². The van der Waals surface area contributed by atoms with E-state index >= 15 is 0 Å². The predicted molar refractivity (Wildman–Crippen MR) is 132 cm³/mol. The Labute approximate surface area is 205 Å². The van der Waals surface area contributed by atoms with Crippen LogP contribution in [0, 0.1) is 0 Å². The molecule has 174 valence electrons. The number of hydrogen-bond acceptors (Lipinski definition) is 7. The molecule has 2 heterocycles. The number of benzene rings is 1. The van der Waals surface area contributed by atoms with Gasteiger partial charge in [-0.15, -0.1) is 21.5 Å². The van der Waals surface area contributed by atoms with Crippen molar-refractivity contribution < 1.29 is 14.3 Å². The zero-order valence-corrected chi connectivity index (χ0v) is 20.9. The number of aryl methyl sites for hydroxylation is 1. The number of thiophene rings is 1. The second kappa shape index (κ2) is 10.7. The van der Waals surface area contributed by atoms with Gasteiger partial charge in [-0.2, -0.15) is 0 Å². The second-order valence-electron chi connectivity index (χ2n) is 7.69. The van der Waals surface area contributed by atoms with Crippen molar-refractivity contribution in [2.45, 2.75) is 50.7 Å². The first-order chi connectivity index (χ1) is 16.0. The first-order valence-electron chi connectivity index (χ1n) is 10.8. The van der Waals surface area contributed by atoms with E-state index in [4.69, 9.17) is 16.3 Å². The lowest BCUT2D eigenvalue weighted by Gasteiger charge is -2.11. The van der Waals surface area contributed by atoms with E-state index in [0.29, 0.717) is 33.7 Å². The van der Waals surface area contributed by atoms with Crippen molar-refractivity contribution >= 4 is 51.6 Å². The number of anilines is 1. The Morgan fingerprint density at radius 1 is 1.21 bits per heavy atom. The normalized spacial score (nSPS) is 12.9. The molecule has 3 aromatic rings. The number of hydrogen-bond donors (Lipinski definition) is 1. The Bertz CT molecular complexity index is 1160. The molecule has 1 aliphatic carbocycles. The molecule has 0 spiro atoms. The van der Waals surface area contributed by atoms with Crippen molar-refractivity contribution in [2.75, 3.05) is 18.2 Å². The summed E-state index contributed by atoms with van der Waals surface area (Å²) in [5, 5.41) is 13.5. The maximum atomic E-state index is 12.7. The van der Waals surface area contributed by atoms with E-state index in [2.05, 4.69) is 15.5 Å². The summed E-state index contributed by atoms with van der Waals surface area (Å²) in [6, 6.07) is 7.65. The minimum absolute atomic E-state index is 0.169. The van der Waals surface area contributed by atoms with E-state index in [-0.39, 0.29) is 11.7 Å². The molecule has 33 heavy (non-hydrogen) atoms. The number of esters is 1. The molecule has 0 radical (unpaired) electrons. The third kappa shape index (κ3) is 5.42. The average molecular weight is 505 g/mol. The van der Waals surface area contributed by atoms with Gasteiger partial charge in [-0.05, 0) is 55.9 Å². The van der Waals surface area contributed by atoms with Crippen LogP contribution in [0.5, 0.6) is 0 Å². The number of aromatic nitrogens is 3. The van der Waals surface area contributed by atoms with E-state index in [9.17, 15) is 9.59 Å². The van der Waals surface area contributed by atoms with Crippen molar-refractivity contribution in [1.29, 1.82) is 0 Å². The zero-order chi connectivity index (χ0) is 23.4. The lowest BCUT2D eigenvalue weighted by molar-refractivity contribution is -0.113. The smallest absolute Gasteiger partial charge is 0.341 e. The molecule has 0 aliphatic heterocycles. The van der Waals surface area contributed by atoms with Crippen molar-refractivity contribution in [3.05, 3.63) is 56.7 Å². The molecular weight excluding hydrogens is 480 g/mol. The highest BCUT2D eigenvalue weighted by Crippen LogP contribution is 2.38. The highest BCUT2D eigenvalue weighted by Gasteiger charge is 2.27. The molecule has 1 aromatic carbocycles. The summed E-state index contributed by atoms with van der Waals surface area (Å²) < 4.78 is 6.99. The van der Waals surface area contributed by atoms with Gasteiger partial charge in [-0.25, -0.2) is 4.79 Å². The van der Waals surface area contributed by atoms with Crippen LogP contribution in [0.1, 0.15) is 52.0 Å². The van der Waals surface area contributed by atoms with Crippen LogP contribution in [0.15, 0.2) is 29.4 Å². The predicted octanol–water partition coefficient (Wildman–Crippen LogP) is 5.00. The van der Waals surface area contributed by atoms with E-state index < -0.39 is 5.97 Å². The van der Waals surface area contributed by atoms with Gasteiger partial charge in [0.1, 0.15) is 10.8 Å². The van der Waals surface area contributed by atoms with E-state index in [1.54, 1.807) is 0 Å². The third-order valence-electron chi connectivity index (χ3n) is 5.53. The largest absolute Gasteiger partial charge is 0.465 e. The summed E-state index contributed by atoms with van der Waals surface area (Å²) in [4.78, 5) is 26.3. The summed E-state index contributed by atoms with van der Waals surface area (Å²) in [6.07, 6.45) is 4.56. The van der Waals surface area contributed by atoms with Crippen molar-refractivity contribution in [1.82, 2.24) is 14.8 Å². The van der Waals surface area contributed by atoms with Gasteiger partial charge in [-0.3, -0.25) is 4.79 Å². The summed E-state index contributed by atoms with van der Waals surface area (Å²) in [6.45, 7) is 2.72. The van der Waals surface area contributed by atoms with Crippen LogP contribution in [0.25, 0.3) is 0 Å². The van der Waals surface area contributed by atoms with Crippen molar-refractivity contribution in [3.8, 4) is 0 Å². The van der Waals surface area contributed by atoms with Gasteiger partial charge in [0.15, 0.2) is 5.16 Å². The van der Waals surface area contributed by atoms with Crippen LogP contribution in [-0.4, -0.2) is 39.5 Å². The molecule has 0 atom stereocenters. The number of carbonyl (C=O) groups excluding carboxylic acids is 2. The maximum absolute atomic E-state index is 12.7. The average Bonchev–Trinajstić information content (AvgIpc) is 3.38. The first-order valence-corrected chi connectivity index (χ1v) is 13.0. The number of carbonyl (C=O) groups is 2. The quantitative estimate of drug-likeness (QED) is 0.343. The molecule has 1 amide bonds. The lowest BCUT2D eigenvalue weighted by Crippen LogP contribution is -2.17. The summed E-state index contributed by atoms with van der Waals surface area (Å²) in [5.41, 5.74) is 2.63. The summed E-state index contributed by atoms with van der Waals surface area (Å²) in [5.74, 6) is 0.424. The van der Waals surface area contributed by atoms with Crippen LogP contribution in [0.3, 0.4) is 0 Å². The van der Waals surface area contributed by atoms with Crippen LogP contribution in [0.4, 0.5) is 5.00 Å². The number of amides is 1. The maximum Gasteiger partial charge on any atom is 0.341 e. The first kappa shape index (κ1) is 23.8. The topological polar surface area (TPSA) is 86.1 Å². The molecule has 0 fully saturated rings. The fourth-order valence-electron chi connectivity index (χ4n) is 3.92. The molecule has 1 aliphatic rings. The molecule has 10 heteroatoms. The lowest BCUT2D eigenvalue weighted by atomic mass is 9.95. The molecule has 0 unspecified atom stereocenters. The molecule has 0 bridgehead atoms. The Morgan fingerprint density at radius 3 is 2.70 bits per heavy atom. The van der Waals surface area contributed by atoms with Crippen LogP contribution >= 0.6 is 34.7 Å². The van der Waals surface area contributed by atoms with Crippen LogP contribution in [0.2, 0.25) is 5.02 Å². The SMILES string of the molecule is CCn1c(Cc2ccc(Cl)cc2)nnc1SCC(=O)Nc1sc2c(c1C(=O)OC)CCCC2. The summed E-state index contributed by atoms with van der Waals surface area (Å²) in [7, 11) is 1.37. The minimum Gasteiger partial charge on any atom is -0.465 e. The van der Waals surface area contributed by atoms with Gasteiger partial charge in [0.25, 0.3) is 0 Å². The Kier molecular flexibility index (Phi) is 7.72. The fourth-order valence-corrected chi connectivity index (χ4v) is 6.16. The van der Waals surface area contributed by atoms with E-state index in [1.165, 1.54) is 35.1 Å². The number of fused-ring (bicyclic) bond motifs is 1. The van der Waals surface area contributed by atoms with Crippen molar-refractivity contribution in [3.63, 3.8) is 0 Å². The number of thioether (sulfide) groups is 1. The van der Waals surface area contributed by atoms with E-state index in [1.807, 2.05) is 35.8 Å². The highest BCUT2D eigenvalue weighted by atomic mass is 35.5. The molecule has 0 saturated carbocycles. The van der Waals surface area contributed by atoms with Gasteiger partial charge < -0.3 is 14.6 Å². The third-order valence-corrected chi connectivity index (χ3v) is 7.96. The Hall–Kier alpha value is -2.36. The Balaban J connectivity index is 1.43. The van der Waals surface area contributed by atoms with Gasteiger partial charge in [0, 0.05) is 22.9 Å². The molecule has 7 nitrogen and oxygen atoms in total. The Morgan fingerprint density at radius 2 is 1.97 bits per heavy atom.